The molecule has 0 bridgehead atoms. The van der Waals surface area contributed by atoms with Gasteiger partial charge in [-0.05, 0) is 55.3 Å². The third-order valence-electron chi connectivity index (χ3n) is 5.40. The van der Waals surface area contributed by atoms with Crippen molar-refractivity contribution in [3.8, 4) is 5.75 Å². The monoisotopic (exact) mass is 431 g/mol. The summed E-state index contributed by atoms with van der Waals surface area (Å²) in [6.07, 6.45) is 2.41. The number of hydrogen-bond donors (Lipinski definition) is 1. The van der Waals surface area contributed by atoms with Crippen molar-refractivity contribution in [2.75, 3.05) is 6.61 Å². The molecule has 1 aliphatic heterocycles. The lowest BCUT2D eigenvalue weighted by molar-refractivity contribution is -0.140. The molecule has 2 aromatic carbocycles. The molecule has 0 radical (unpaired) electrons. The summed E-state index contributed by atoms with van der Waals surface area (Å²) < 4.78 is 11.0. The number of ether oxygens (including phenoxy) is 1. The molecule has 1 unspecified atom stereocenters. The number of nitrogens with zero attached hydrogens (tertiary/aromatic N) is 1. The van der Waals surface area contributed by atoms with Crippen molar-refractivity contribution in [1.29, 1.82) is 0 Å². The molecule has 6 nitrogen and oxygen atoms in total. The van der Waals surface area contributed by atoms with Crippen LogP contribution in [0.25, 0.3) is 5.76 Å². The molecular formula is C26H25NO5. The van der Waals surface area contributed by atoms with E-state index in [2.05, 4.69) is 0 Å². The van der Waals surface area contributed by atoms with Gasteiger partial charge >= 0.3 is 0 Å². The predicted octanol–water partition coefficient (Wildman–Crippen LogP) is 5.00. The van der Waals surface area contributed by atoms with Crippen LogP contribution in [-0.4, -0.2) is 28.3 Å². The van der Waals surface area contributed by atoms with Crippen molar-refractivity contribution < 1.29 is 23.8 Å². The lowest BCUT2D eigenvalue weighted by Crippen LogP contribution is -2.29. The first kappa shape index (κ1) is 21.4. The molecule has 1 saturated heterocycles. The van der Waals surface area contributed by atoms with Crippen molar-refractivity contribution >= 4 is 17.4 Å². The topological polar surface area (TPSA) is 80.0 Å². The molecule has 164 valence electrons. The SMILES string of the molecule is CCCOc1ccc(/C(O)=C2/C(=O)C(=O)N(Cc3ccco3)C2c2cccc(C)c2)cc1. The molecule has 0 saturated carbocycles. The molecule has 6 heteroatoms. The van der Waals surface area contributed by atoms with Gasteiger partial charge in [-0.25, -0.2) is 0 Å². The molecule has 3 aromatic rings. The lowest BCUT2D eigenvalue weighted by atomic mass is 9.94. The molecule has 1 fully saturated rings. The number of aliphatic hydroxyl groups excluding tert-OH is 1. The van der Waals surface area contributed by atoms with E-state index in [-0.39, 0.29) is 17.9 Å². The van der Waals surface area contributed by atoms with Gasteiger partial charge in [0.2, 0.25) is 0 Å². The Morgan fingerprint density at radius 1 is 1.09 bits per heavy atom. The second-order valence-electron chi connectivity index (χ2n) is 7.79. The minimum atomic E-state index is -0.726. The molecule has 32 heavy (non-hydrogen) atoms. The molecule has 0 spiro atoms. The van der Waals surface area contributed by atoms with Crippen LogP contribution in [0.1, 0.15) is 41.8 Å². The number of ketones is 1. The minimum Gasteiger partial charge on any atom is -0.507 e. The number of Topliss-reactive ketones (excluding diaryl/α,β-unsaturated/α-hetero) is 1. The molecule has 1 aromatic heterocycles. The van der Waals surface area contributed by atoms with E-state index in [1.54, 1.807) is 36.4 Å². The number of rotatable bonds is 7. The van der Waals surface area contributed by atoms with Crippen LogP contribution in [0.2, 0.25) is 0 Å². The Bertz CT molecular complexity index is 1150. The van der Waals surface area contributed by atoms with E-state index >= 15 is 0 Å². The molecule has 4 rings (SSSR count). The van der Waals surface area contributed by atoms with Crippen LogP contribution in [0.3, 0.4) is 0 Å². The first-order chi connectivity index (χ1) is 15.5. The summed E-state index contributed by atoms with van der Waals surface area (Å²) in [5.74, 6) is -0.359. The third-order valence-corrected chi connectivity index (χ3v) is 5.40. The zero-order chi connectivity index (χ0) is 22.7. The average molecular weight is 431 g/mol. The fraction of sp³-hybridized carbons (Fsp3) is 0.231. The van der Waals surface area contributed by atoms with E-state index in [4.69, 9.17) is 9.15 Å². The molecule has 0 aliphatic carbocycles. The van der Waals surface area contributed by atoms with Gasteiger partial charge in [0.1, 0.15) is 17.3 Å². The van der Waals surface area contributed by atoms with Gasteiger partial charge in [0.25, 0.3) is 11.7 Å². The highest BCUT2D eigenvalue weighted by atomic mass is 16.5. The van der Waals surface area contributed by atoms with Crippen LogP contribution in [0.4, 0.5) is 0 Å². The summed E-state index contributed by atoms with van der Waals surface area (Å²) in [6, 6.07) is 17.2. The molecule has 2 heterocycles. The van der Waals surface area contributed by atoms with Gasteiger partial charge in [0.05, 0.1) is 31.0 Å². The number of furan rings is 1. The van der Waals surface area contributed by atoms with Crippen molar-refractivity contribution in [2.45, 2.75) is 32.9 Å². The Morgan fingerprint density at radius 3 is 2.53 bits per heavy atom. The number of carbonyl (C=O) groups is 2. The number of aliphatic hydroxyl groups is 1. The molecule has 1 N–H and O–H groups in total. The third kappa shape index (κ3) is 4.17. The van der Waals surface area contributed by atoms with Crippen LogP contribution < -0.4 is 4.74 Å². The maximum absolute atomic E-state index is 13.1. The van der Waals surface area contributed by atoms with E-state index in [0.717, 1.165) is 17.5 Å². The van der Waals surface area contributed by atoms with E-state index in [0.29, 0.717) is 23.7 Å². The fourth-order valence-corrected chi connectivity index (χ4v) is 3.88. The van der Waals surface area contributed by atoms with Gasteiger partial charge < -0.3 is 19.2 Å². The van der Waals surface area contributed by atoms with Gasteiger partial charge in [-0.1, -0.05) is 36.8 Å². The maximum atomic E-state index is 13.1. The first-order valence-corrected chi connectivity index (χ1v) is 10.6. The Kier molecular flexibility index (Phi) is 6.12. The van der Waals surface area contributed by atoms with Gasteiger partial charge in [0, 0.05) is 5.56 Å². The number of benzene rings is 2. The van der Waals surface area contributed by atoms with E-state index in [1.807, 2.05) is 38.1 Å². The number of amides is 1. The second kappa shape index (κ2) is 9.14. The summed E-state index contributed by atoms with van der Waals surface area (Å²) in [7, 11) is 0. The summed E-state index contributed by atoms with van der Waals surface area (Å²) in [4.78, 5) is 27.5. The molecular weight excluding hydrogens is 406 g/mol. The van der Waals surface area contributed by atoms with E-state index in [1.165, 1.54) is 11.2 Å². The largest absolute Gasteiger partial charge is 0.507 e. The number of aryl methyl sites for hydroxylation is 1. The number of carbonyl (C=O) groups excluding carboxylic acids is 2. The highest BCUT2D eigenvalue weighted by Crippen LogP contribution is 2.40. The highest BCUT2D eigenvalue weighted by molar-refractivity contribution is 6.46. The Balaban J connectivity index is 1.78. The average Bonchev–Trinajstić information content (AvgIpc) is 3.40. The number of hydrogen-bond acceptors (Lipinski definition) is 5. The molecule has 1 amide bonds. The zero-order valence-corrected chi connectivity index (χ0v) is 18.1. The van der Waals surface area contributed by atoms with E-state index in [9.17, 15) is 14.7 Å². The van der Waals surface area contributed by atoms with Crippen molar-refractivity contribution in [3.63, 3.8) is 0 Å². The summed E-state index contributed by atoms with van der Waals surface area (Å²) in [5.41, 5.74) is 2.25. The standard InChI is InChI=1S/C26H25NO5/c1-3-13-31-20-11-9-18(10-12-20)24(28)22-23(19-7-4-6-17(2)15-19)27(26(30)25(22)29)16-21-8-5-14-32-21/h4-12,14-15,23,28H,3,13,16H2,1-2H3/b24-22-. The second-order valence-corrected chi connectivity index (χ2v) is 7.79. The lowest BCUT2D eigenvalue weighted by Gasteiger charge is -2.24. The minimum absolute atomic E-state index is 0.0642. The van der Waals surface area contributed by atoms with Crippen molar-refractivity contribution in [1.82, 2.24) is 4.90 Å². The van der Waals surface area contributed by atoms with Gasteiger partial charge in [0.15, 0.2) is 0 Å². The maximum Gasteiger partial charge on any atom is 0.296 e. The summed E-state index contributed by atoms with van der Waals surface area (Å²) >= 11 is 0. The fourth-order valence-electron chi connectivity index (χ4n) is 3.88. The van der Waals surface area contributed by atoms with Gasteiger partial charge in [-0.2, -0.15) is 0 Å². The smallest absolute Gasteiger partial charge is 0.296 e. The van der Waals surface area contributed by atoms with Crippen LogP contribution in [0.5, 0.6) is 5.75 Å². The quantitative estimate of drug-likeness (QED) is 0.324. The Labute approximate surface area is 186 Å². The Morgan fingerprint density at radius 2 is 1.88 bits per heavy atom. The van der Waals surface area contributed by atoms with Crippen molar-refractivity contribution in [2.24, 2.45) is 0 Å². The van der Waals surface area contributed by atoms with Gasteiger partial charge in [-0.15, -0.1) is 0 Å². The summed E-state index contributed by atoms with van der Waals surface area (Å²) in [5, 5.41) is 11.1. The molecule has 1 aliphatic rings. The van der Waals surface area contributed by atoms with Crippen LogP contribution in [0, 0.1) is 6.92 Å². The first-order valence-electron chi connectivity index (χ1n) is 10.6. The van der Waals surface area contributed by atoms with Crippen LogP contribution >= 0.6 is 0 Å². The normalized spacial score (nSPS) is 17.7. The van der Waals surface area contributed by atoms with Crippen LogP contribution in [0.15, 0.2) is 76.9 Å². The summed E-state index contributed by atoms with van der Waals surface area (Å²) in [6.45, 7) is 4.68. The molecule has 1 atom stereocenters. The van der Waals surface area contributed by atoms with Crippen LogP contribution in [-0.2, 0) is 16.1 Å². The zero-order valence-electron chi connectivity index (χ0n) is 18.1. The van der Waals surface area contributed by atoms with Crippen molar-refractivity contribution in [3.05, 3.63) is 95.0 Å². The van der Waals surface area contributed by atoms with E-state index < -0.39 is 17.7 Å². The van der Waals surface area contributed by atoms with Gasteiger partial charge in [-0.3, -0.25) is 9.59 Å². The number of likely N-dealkylation sites (tertiary alicyclic amines) is 1. The highest BCUT2D eigenvalue weighted by Gasteiger charge is 2.46. The predicted molar refractivity (Wildman–Crippen MR) is 120 cm³/mol. The Hall–Kier alpha value is -3.80.